The lowest BCUT2D eigenvalue weighted by molar-refractivity contribution is 0.743. The molecular formula is C22H20Cl2N4O. The molecular weight excluding hydrogens is 407 g/mol. The predicted octanol–water partition coefficient (Wildman–Crippen LogP) is 4.97. The molecule has 2 aromatic carbocycles. The van der Waals surface area contributed by atoms with Crippen molar-refractivity contribution in [1.29, 1.82) is 0 Å². The van der Waals surface area contributed by atoms with Crippen LogP contribution in [0.15, 0.2) is 47.5 Å². The Labute approximate surface area is 178 Å². The largest absolute Gasteiger partial charge is 0.329 e. The second kappa shape index (κ2) is 6.78. The Kier molecular flexibility index (Phi) is 4.33. The van der Waals surface area contributed by atoms with E-state index in [0.717, 1.165) is 40.7 Å². The van der Waals surface area contributed by atoms with Crippen LogP contribution in [0, 0.1) is 0 Å². The summed E-state index contributed by atoms with van der Waals surface area (Å²) in [6, 6.07) is 11.7. The van der Waals surface area contributed by atoms with E-state index in [1.807, 2.05) is 24.5 Å². The highest BCUT2D eigenvalue weighted by atomic mass is 35.5. The molecule has 0 saturated heterocycles. The molecule has 5 rings (SSSR count). The van der Waals surface area contributed by atoms with E-state index in [9.17, 15) is 4.79 Å². The highest BCUT2D eigenvalue weighted by Gasteiger charge is 2.31. The molecule has 7 heteroatoms. The fraction of sp³-hybridized carbons (Fsp3) is 0.273. The van der Waals surface area contributed by atoms with Crippen molar-refractivity contribution in [2.75, 3.05) is 0 Å². The van der Waals surface area contributed by atoms with E-state index in [1.165, 1.54) is 5.69 Å². The fourth-order valence-electron chi connectivity index (χ4n) is 4.04. The summed E-state index contributed by atoms with van der Waals surface area (Å²) in [5.74, 6) is 0.493. The highest BCUT2D eigenvalue weighted by Crippen LogP contribution is 2.45. The minimum atomic E-state index is -0.0173. The van der Waals surface area contributed by atoms with Crippen molar-refractivity contribution in [1.82, 2.24) is 18.7 Å². The summed E-state index contributed by atoms with van der Waals surface area (Å²) in [7, 11) is 3.60. The van der Waals surface area contributed by atoms with Crippen molar-refractivity contribution in [3.8, 4) is 11.3 Å². The molecule has 148 valence electrons. The van der Waals surface area contributed by atoms with Gasteiger partial charge in [-0.05, 0) is 48.7 Å². The number of aromatic nitrogens is 4. The van der Waals surface area contributed by atoms with Gasteiger partial charge >= 0.3 is 5.69 Å². The molecule has 1 fully saturated rings. The molecule has 0 bridgehead atoms. The van der Waals surface area contributed by atoms with Gasteiger partial charge in [-0.2, -0.15) is 0 Å². The second-order valence-electron chi connectivity index (χ2n) is 7.73. The summed E-state index contributed by atoms with van der Waals surface area (Å²) in [4.78, 5) is 16.9. The molecule has 0 atom stereocenters. The van der Waals surface area contributed by atoms with Gasteiger partial charge in [-0.3, -0.25) is 9.13 Å². The van der Waals surface area contributed by atoms with E-state index in [0.29, 0.717) is 22.5 Å². The third-order valence-electron chi connectivity index (χ3n) is 5.72. The third-order valence-corrected chi connectivity index (χ3v) is 6.28. The second-order valence-corrected chi connectivity index (χ2v) is 8.57. The van der Waals surface area contributed by atoms with Crippen LogP contribution in [0.25, 0.3) is 22.3 Å². The zero-order valence-electron chi connectivity index (χ0n) is 16.2. The monoisotopic (exact) mass is 426 g/mol. The number of aryl methyl sites for hydroxylation is 2. The molecule has 29 heavy (non-hydrogen) atoms. The van der Waals surface area contributed by atoms with Crippen LogP contribution in [0.4, 0.5) is 0 Å². The van der Waals surface area contributed by atoms with Crippen molar-refractivity contribution >= 4 is 34.2 Å². The van der Waals surface area contributed by atoms with Crippen molar-refractivity contribution in [2.24, 2.45) is 14.1 Å². The van der Waals surface area contributed by atoms with Gasteiger partial charge in [0.15, 0.2) is 0 Å². The zero-order chi connectivity index (χ0) is 20.3. The van der Waals surface area contributed by atoms with Gasteiger partial charge in [0.05, 0.1) is 28.1 Å². The summed E-state index contributed by atoms with van der Waals surface area (Å²) in [6.07, 6.45) is 4.20. The Morgan fingerprint density at radius 1 is 1.03 bits per heavy atom. The van der Waals surface area contributed by atoms with E-state index in [4.69, 9.17) is 28.2 Å². The van der Waals surface area contributed by atoms with Crippen LogP contribution in [0.1, 0.15) is 30.0 Å². The lowest BCUT2D eigenvalue weighted by atomic mass is 10.1. The summed E-state index contributed by atoms with van der Waals surface area (Å²) in [5, 5.41) is 1.30. The SMILES string of the molecule is Cn1c(=O)n(C)c2cc(Cn3cnc(-c4cc(Cl)ccc4Cl)c3C3CC3)ccc21. The molecule has 2 aromatic heterocycles. The smallest absolute Gasteiger partial charge is 0.328 e. The molecule has 0 radical (unpaired) electrons. The molecule has 1 aliphatic rings. The van der Waals surface area contributed by atoms with E-state index >= 15 is 0 Å². The minimum Gasteiger partial charge on any atom is -0.329 e. The minimum absolute atomic E-state index is 0.0173. The molecule has 0 spiro atoms. The topological polar surface area (TPSA) is 44.8 Å². The standard InChI is InChI=1S/C22H20Cl2N4O/c1-26-18-8-3-13(9-19(18)27(2)22(26)29)11-28-12-25-20(21(28)14-4-5-14)16-10-15(23)6-7-17(16)24/h3,6-10,12,14H,4-5,11H2,1-2H3. The molecule has 1 aliphatic carbocycles. The number of imidazole rings is 2. The van der Waals surface area contributed by atoms with Gasteiger partial charge in [0, 0.05) is 42.8 Å². The van der Waals surface area contributed by atoms with Gasteiger partial charge in [0.1, 0.15) is 0 Å². The molecule has 4 aromatic rings. The van der Waals surface area contributed by atoms with Crippen LogP contribution < -0.4 is 5.69 Å². The van der Waals surface area contributed by atoms with Crippen LogP contribution >= 0.6 is 23.2 Å². The van der Waals surface area contributed by atoms with Crippen LogP contribution in [0.5, 0.6) is 0 Å². The van der Waals surface area contributed by atoms with E-state index in [-0.39, 0.29) is 5.69 Å². The first kappa shape index (κ1) is 18.5. The number of rotatable bonds is 4. The van der Waals surface area contributed by atoms with Crippen LogP contribution in [0.2, 0.25) is 10.0 Å². The Balaban J connectivity index is 1.58. The molecule has 1 saturated carbocycles. The van der Waals surface area contributed by atoms with Gasteiger partial charge in [0.25, 0.3) is 0 Å². The summed E-state index contributed by atoms with van der Waals surface area (Å²) in [6.45, 7) is 0.691. The van der Waals surface area contributed by atoms with Gasteiger partial charge in [-0.15, -0.1) is 0 Å². The van der Waals surface area contributed by atoms with E-state index in [2.05, 4.69) is 16.7 Å². The van der Waals surface area contributed by atoms with E-state index < -0.39 is 0 Å². The summed E-state index contributed by atoms with van der Waals surface area (Å²) < 4.78 is 5.56. The zero-order valence-corrected chi connectivity index (χ0v) is 17.7. The quantitative estimate of drug-likeness (QED) is 0.462. The number of benzene rings is 2. The van der Waals surface area contributed by atoms with Crippen molar-refractivity contribution in [2.45, 2.75) is 25.3 Å². The Morgan fingerprint density at radius 3 is 2.55 bits per heavy atom. The predicted molar refractivity (Wildman–Crippen MR) is 117 cm³/mol. The number of hydrogen-bond donors (Lipinski definition) is 0. The third kappa shape index (κ3) is 3.09. The first-order valence-electron chi connectivity index (χ1n) is 9.59. The van der Waals surface area contributed by atoms with Gasteiger partial charge in [-0.25, -0.2) is 9.78 Å². The average Bonchev–Trinajstić information content (AvgIpc) is 3.44. The summed E-state index contributed by atoms with van der Waals surface area (Å²) in [5.41, 5.74) is 5.96. The molecule has 5 nitrogen and oxygen atoms in total. The maximum atomic E-state index is 12.2. The van der Waals surface area contributed by atoms with Gasteiger partial charge in [0.2, 0.25) is 0 Å². The molecule has 0 unspecified atom stereocenters. The highest BCUT2D eigenvalue weighted by molar-refractivity contribution is 6.35. The van der Waals surface area contributed by atoms with Gasteiger partial charge < -0.3 is 4.57 Å². The molecule has 0 N–H and O–H groups in total. The normalized spacial score (nSPS) is 14.1. The lowest BCUT2D eigenvalue weighted by Gasteiger charge is -2.11. The molecule has 0 aliphatic heterocycles. The first-order chi connectivity index (χ1) is 13.9. The summed E-state index contributed by atoms with van der Waals surface area (Å²) >= 11 is 12.7. The Bertz CT molecular complexity index is 1310. The maximum Gasteiger partial charge on any atom is 0.328 e. The maximum absolute atomic E-state index is 12.2. The first-order valence-corrected chi connectivity index (χ1v) is 10.3. The number of nitrogens with zero attached hydrogens (tertiary/aromatic N) is 4. The molecule has 0 amide bonds. The molecule has 2 heterocycles. The van der Waals surface area contributed by atoms with Crippen molar-refractivity contribution < 1.29 is 0 Å². The van der Waals surface area contributed by atoms with Crippen LogP contribution in [-0.2, 0) is 20.6 Å². The van der Waals surface area contributed by atoms with Crippen molar-refractivity contribution in [3.63, 3.8) is 0 Å². The van der Waals surface area contributed by atoms with Crippen LogP contribution in [-0.4, -0.2) is 18.7 Å². The number of hydrogen-bond acceptors (Lipinski definition) is 2. The fourth-order valence-corrected chi connectivity index (χ4v) is 4.42. The number of halogens is 2. The van der Waals surface area contributed by atoms with E-state index in [1.54, 1.807) is 29.3 Å². The Morgan fingerprint density at radius 2 is 1.79 bits per heavy atom. The Hall–Kier alpha value is -2.50. The van der Waals surface area contributed by atoms with Crippen molar-refractivity contribution in [3.05, 3.63) is 74.5 Å². The number of fused-ring (bicyclic) bond motifs is 1. The van der Waals surface area contributed by atoms with Gasteiger partial charge in [-0.1, -0.05) is 29.3 Å². The van der Waals surface area contributed by atoms with Crippen LogP contribution in [0.3, 0.4) is 0 Å². The average molecular weight is 427 g/mol. The lowest BCUT2D eigenvalue weighted by Crippen LogP contribution is -2.19.